The van der Waals surface area contributed by atoms with Gasteiger partial charge in [0.15, 0.2) is 0 Å². The van der Waals surface area contributed by atoms with Gasteiger partial charge in [0.25, 0.3) is 0 Å². The lowest BCUT2D eigenvalue weighted by Crippen LogP contribution is -2.03. The molecule has 0 amide bonds. The molecule has 1 unspecified atom stereocenters. The Morgan fingerprint density at radius 1 is 1.33 bits per heavy atom. The SMILES string of the molecule is CS(=O)Cc1ccc(Cl)c(NCCCCCO)c1. The van der Waals surface area contributed by atoms with Crippen LogP contribution in [0.25, 0.3) is 0 Å². The molecular weight excluding hydrogens is 270 g/mol. The van der Waals surface area contributed by atoms with Crippen molar-refractivity contribution >= 4 is 28.1 Å². The number of benzene rings is 1. The van der Waals surface area contributed by atoms with E-state index in [0.29, 0.717) is 10.8 Å². The summed E-state index contributed by atoms with van der Waals surface area (Å²) in [5.41, 5.74) is 1.92. The van der Waals surface area contributed by atoms with Gasteiger partial charge in [-0.25, -0.2) is 0 Å². The second-order valence-electron chi connectivity index (χ2n) is 4.24. The molecule has 0 aliphatic heterocycles. The first-order valence-corrected chi connectivity index (χ1v) is 8.17. The van der Waals surface area contributed by atoms with Crippen molar-refractivity contribution in [2.45, 2.75) is 25.0 Å². The summed E-state index contributed by atoms with van der Waals surface area (Å²) in [5.74, 6) is 0.552. The van der Waals surface area contributed by atoms with Crippen molar-refractivity contribution in [1.29, 1.82) is 0 Å². The van der Waals surface area contributed by atoms with Gasteiger partial charge in [0.2, 0.25) is 0 Å². The fraction of sp³-hybridized carbons (Fsp3) is 0.538. The van der Waals surface area contributed by atoms with Gasteiger partial charge in [-0.3, -0.25) is 4.21 Å². The minimum Gasteiger partial charge on any atom is -0.396 e. The second kappa shape index (κ2) is 8.51. The highest BCUT2D eigenvalue weighted by molar-refractivity contribution is 7.83. The summed E-state index contributed by atoms with van der Waals surface area (Å²) < 4.78 is 11.2. The molecule has 1 aromatic rings. The normalized spacial score (nSPS) is 12.4. The van der Waals surface area contributed by atoms with Crippen LogP contribution in [0.2, 0.25) is 5.02 Å². The minimum atomic E-state index is -0.840. The third-order valence-corrected chi connectivity index (χ3v) is 3.62. The van der Waals surface area contributed by atoms with Crippen LogP contribution in [0.15, 0.2) is 18.2 Å². The molecule has 0 radical (unpaired) electrons. The van der Waals surface area contributed by atoms with Gasteiger partial charge in [0.05, 0.1) is 10.7 Å². The van der Waals surface area contributed by atoms with Gasteiger partial charge in [0.1, 0.15) is 0 Å². The molecule has 1 atom stereocenters. The zero-order valence-corrected chi connectivity index (χ0v) is 12.2. The van der Waals surface area contributed by atoms with E-state index < -0.39 is 10.8 Å². The number of halogens is 1. The molecule has 18 heavy (non-hydrogen) atoms. The van der Waals surface area contributed by atoms with Crippen LogP contribution >= 0.6 is 11.6 Å². The van der Waals surface area contributed by atoms with Crippen molar-refractivity contribution in [1.82, 2.24) is 0 Å². The molecule has 2 N–H and O–H groups in total. The summed E-state index contributed by atoms with van der Waals surface area (Å²) >= 11 is 6.09. The Kier molecular flexibility index (Phi) is 7.32. The molecule has 0 bridgehead atoms. The Morgan fingerprint density at radius 2 is 2.11 bits per heavy atom. The molecule has 1 rings (SSSR count). The van der Waals surface area contributed by atoms with Crippen LogP contribution in [-0.2, 0) is 16.6 Å². The smallest absolute Gasteiger partial charge is 0.0637 e. The van der Waals surface area contributed by atoms with Gasteiger partial charge in [-0.05, 0) is 37.0 Å². The average molecular weight is 290 g/mol. The van der Waals surface area contributed by atoms with E-state index >= 15 is 0 Å². The number of hydrogen-bond donors (Lipinski definition) is 2. The first-order chi connectivity index (χ1) is 8.63. The Hall–Kier alpha value is -0.580. The number of anilines is 1. The standard InChI is InChI=1S/C13H20ClNO2S/c1-18(17)10-11-5-6-12(14)13(9-11)15-7-3-2-4-8-16/h5-6,9,15-16H,2-4,7-8,10H2,1H3. The molecule has 0 spiro atoms. The monoisotopic (exact) mass is 289 g/mol. The number of hydrogen-bond acceptors (Lipinski definition) is 3. The highest BCUT2D eigenvalue weighted by atomic mass is 35.5. The third-order valence-electron chi connectivity index (χ3n) is 2.55. The maximum absolute atomic E-state index is 11.2. The van der Waals surface area contributed by atoms with Crippen LogP contribution in [0.3, 0.4) is 0 Å². The van der Waals surface area contributed by atoms with Crippen LogP contribution in [-0.4, -0.2) is 28.7 Å². The molecule has 0 aliphatic carbocycles. The average Bonchev–Trinajstić information content (AvgIpc) is 2.32. The van der Waals surface area contributed by atoms with Crippen molar-refractivity contribution in [3.8, 4) is 0 Å². The van der Waals surface area contributed by atoms with Crippen molar-refractivity contribution in [3.63, 3.8) is 0 Å². The summed E-state index contributed by atoms with van der Waals surface area (Å²) in [6, 6.07) is 5.69. The van der Waals surface area contributed by atoms with Gasteiger partial charge in [-0.15, -0.1) is 0 Å². The van der Waals surface area contributed by atoms with E-state index in [1.807, 2.05) is 18.2 Å². The molecule has 0 heterocycles. The molecular formula is C13H20ClNO2S. The lowest BCUT2D eigenvalue weighted by Gasteiger charge is -2.10. The number of nitrogens with one attached hydrogen (secondary N) is 1. The largest absolute Gasteiger partial charge is 0.396 e. The van der Waals surface area contributed by atoms with Crippen LogP contribution in [0.5, 0.6) is 0 Å². The van der Waals surface area contributed by atoms with Gasteiger partial charge >= 0.3 is 0 Å². The molecule has 3 nitrogen and oxygen atoms in total. The maximum atomic E-state index is 11.2. The highest BCUT2D eigenvalue weighted by Crippen LogP contribution is 2.23. The molecule has 1 aromatic carbocycles. The fourth-order valence-electron chi connectivity index (χ4n) is 1.67. The molecule has 0 aromatic heterocycles. The van der Waals surface area contributed by atoms with E-state index in [0.717, 1.165) is 37.1 Å². The van der Waals surface area contributed by atoms with Gasteiger partial charge in [-0.1, -0.05) is 17.7 Å². The van der Waals surface area contributed by atoms with E-state index in [-0.39, 0.29) is 6.61 Å². The van der Waals surface area contributed by atoms with Crippen LogP contribution in [0.1, 0.15) is 24.8 Å². The number of unbranched alkanes of at least 4 members (excludes halogenated alkanes) is 2. The minimum absolute atomic E-state index is 0.249. The zero-order chi connectivity index (χ0) is 13.4. The highest BCUT2D eigenvalue weighted by Gasteiger charge is 2.03. The number of aliphatic hydroxyl groups is 1. The first kappa shape index (κ1) is 15.5. The van der Waals surface area contributed by atoms with Crippen LogP contribution in [0, 0.1) is 0 Å². The lowest BCUT2D eigenvalue weighted by atomic mass is 10.2. The molecule has 5 heteroatoms. The van der Waals surface area contributed by atoms with Crippen molar-refractivity contribution < 1.29 is 9.32 Å². The number of rotatable bonds is 8. The Morgan fingerprint density at radius 3 is 2.78 bits per heavy atom. The van der Waals surface area contributed by atoms with Crippen molar-refractivity contribution in [2.24, 2.45) is 0 Å². The fourth-order valence-corrected chi connectivity index (χ4v) is 2.50. The zero-order valence-electron chi connectivity index (χ0n) is 10.6. The van der Waals surface area contributed by atoms with Crippen molar-refractivity contribution in [3.05, 3.63) is 28.8 Å². The summed E-state index contributed by atoms with van der Waals surface area (Å²) in [4.78, 5) is 0. The molecule has 0 aliphatic rings. The first-order valence-electron chi connectivity index (χ1n) is 6.06. The van der Waals surface area contributed by atoms with E-state index in [1.54, 1.807) is 6.26 Å². The summed E-state index contributed by atoms with van der Waals surface area (Å²) in [7, 11) is -0.840. The molecule has 102 valence electrons. The molecule has 0 saturated heterocycles. The van der Waals surface area contributed by atoms with E-state index in [9.17, 15) is 4.21 Å². The predicted octanol–water partition coefficient (Wildman–Crippen LogP) is 2.79. The second-order valence-corrected chi connectivity index (χ2v) is 6.09. The van der Waals surface area contributed by atoms with E-state index in [1.165, 1.54) is 0 Å². The molecule has 0 fully saturated rings. The summed E-state index contributed by atoms with van der Waals surface area (Å²) in [5, 5.41) is 12.6. The Balaban J connectivity index is 2.50. The lowest BCUT2D eigenvalue weighted by molar-refractivity contribution is 0.283. The van der Waals surface area contributed by atoms with Gasteiger partial charge < -0.3 is 10.4 Å². The van der Waals surface area contributed by atoms with Crippen molar-refractivity contribution in [2.75, 3.05) is 24.7 Å². The topological polar surface area (TPSA) is 49.3 Å². The molecule has 0 saturated carbocycles. The summed E-state index contributed by atoms with van der Waals surface area (Å²) in [6.45, 7) is 1.08. The van der Waals surface area contributed by atoms with E-state index in [2.05, 4.69) is 5.32 Å². The van der Waals surface area contributed by atoms with Gasteiger partial charge in [0, 0.05) is 36.0 Å². The van der Waals surface area contributed by atoms with E-state index in [4.69, 9.17) is 16.7 Å². The Labute approximate surface area is 116 Å². The maximum Gasteiger partial charge on any atom is 0.0637 e. The van der Waals surface area contributed by atoms with Crippen LogP contribution in [0.4, 0.5) is 5.69 Å². The third kappa shape index (κ3) is 5.85. The summed E-state index contributed by atoms with van der Waals surface area (Å²) in [6.07, 6.45) is 4.53. The Bertz CT molecular complexity index is 399. The number of aliphatic hydroxyl groups excluding tert-OH is 1. The predicted molar refractivity (Wildman–Crippen MR) is 78.6 cm³/mol. The van der Waals surface area contributed by atoms with Crippen LogP contribution < -0.4 is 5.32 Å². The quantitative estimate of drug-likeness (QED) is 0.724. The van der Waals surface area contributed by atoms with Gasteiger partial charge in [-0.2, -0.15) is 0 Å².